The number of rotatable bonds is 4. The number of nitro benzene ring substituents is 1. The molecule has 2 heterocycles. The van der Waals surface area contributed by atoms with E-state index < -0.39 is 10.8 Å². The molecule has 1 aromatic carbocycles. The van der Waals surface area contributed by atoms with Crippen LogP contribution in [0.2, 0.25) is 0 Å². The number of hydrogen-bond donors (Lipinski definition) is 2. The number of pyridine rings is 1. The van der Waals surface area contributed by atoms with E-state index in [9.17, 15) is 14.9 Å². The fraction of sp³-hybridized carbons (Fsp3) is 0.278. The van der Waals surface area contributed by atoms with Gasteiger partial charge >= 0.3 is 0 Å². The van der Waals surface area contributed by atoms with Gasteiger partial charge < -0.3 is 10.2 Å². The molecule has 1 amide bonds. The fourth-order valence-electron chi connectivity index (χ4n) is 2.97. The van der Waals surface area contributed by atoms with Crippen molar-refractivity contribution in [2.45, 2.75) is 19.8 Å². The van der Waals surface area contributed by atoms with E-state index >= 15 is 0 Å². The van der Waals surface area contributed by atoms with Crippen LogP contribution in [0, 0.1) is 17.0 Å². The number of aryl methyl sites for hydroxylation is 1. The van der Waals surface area contributed by atoms with Crippen molar-refractivity contribution in [3.8, 4) is 0 Å². The van der Waals surface area contributed by atoms with Gasteiger partial charge in [0.1, 0.15) is 11.5 Å². The van der Waals surface area contributed by atoms with Gasteiger partial charge in [0.15, 0.2) is 5.11 Å². The van der Waals surface area contributed by atoms with Gasteiger partial charge in [-0.2, -0.15) is 0 Å². The van der Waals surface area contributed by atoms with Crippen LogP contribution in [0.5, 0.6) is 0 Å². The molecule has 1 aromatic heterocycles. The molecular formula is C18H19N5O3S. The molecule has 27 heavy (non-hydrogen) atoms. The third kappa shape index (κ3) is 4.56. The molecule has 3 rings (SSSR count). The molecule has 1 fully saturated rings. The number of hydrogen-bond acceptors (Lipinski definition) is 6. The maximum absolute atomic E-state index is 12.4. The van der Waals surface area contributed by atoms with Gasteiger partial charge in [0.25, 0.3) is 11.6 Å². The molecule has 9 heteroatoms. The Morgan fingerprint density at radius 3 is 2.67 bits per heavy atom. The highest BCUT2D eigenvalue weighted by Gasteiger charge is 2.24. The first-order chi connectivity index (χ1) is 12.9. The number of aromatic nitrogens is 1. The average molecular weight is 385 g/mol. The van der Waals surface area contributed by atoms with Crippen molar-refractivity contribution in [1.82, 2.24) is 10.3 Å². The lowest BCUT2D eigenvalue weighted by molar-refractivity contribution is -0.384. The lowest BCUT2D eigenvalue weighted by atomic mass is 10.1. The summed E-state index contributed by atoms with van der Waals surface area (Å²) in [7, 11) is 0. The minimum absolute atomic E-state index is 0.0735. The lowest BCUT2D eigenvalue weighted by Gasteiger charge is -2.18. The van der Waals surface area contributed by atoms with E-state index in [1.807, 2.05) is 24.0 Å². The van der Waals surface area contributed by atoms with Crippen LogP contribution in [0.4, 0.5) is 17.2 Å². The summed E-state index contributed by atoms with van der Waals surface area (Å²) < 4.78 is 0. The molecular weight excluding hydrogens is 366 g/mol. The van der Waals surface area contributed by atoms with E-state index in [2.05, 4.69) is 15.6 Å². The van der Waals surface area contributed by atoms with Gasteiger partial charge in [0, 0.05) is 30.4 Å². The molecule has 0 radical (unpaired) electrons. The Balaban J connectivity index is 1.73. The number of nitro groups is 1. The van der Waals surface area contributed by atoms with Crippen molar-refractivity contribution in [3.05, 3.63) is 57.8 Å². The van der Waals surface area contributed by atoms with E-state index in [0.717, 1.165) is 31.6 Å². The third-order valence-corrected chi connectivity index (χ3v) is 4.44. The number of nitrogens with one attached hydrogen (secondary N) is 2. The van der Waals surface area contributed by atoms with E-state index in [-0.39, 0.29) is 16.4 Å². The Labute approximate surface area is 161 Å². The number of benzene rings is 1. The molecule has 140 valence electrons. The summed E-state index contributed by atoms with van der Waals surface area (Å²) >= 11 is 5.13. The highest BCUT2D eigenvalue weighted by Crippen LogP contribution is 2.31. The maximum Gasteiger partial charge on any atom is 0.293 e. The Morgan fingerprint density at radius 2 is 2.00 bits per heavy atom. The van der Waals surface area contributed by atoms with Crippen LogP contribution in [0.25, 0.3) is 0 Å². The standard InChI is InChI=1S/C18H19N5O3S/c1-12-5-4-6-16(19-12)20-18(27)21-17(24)13-7-8-14(15(11-13)23(25)26)22-9-2-3-10-22/h4-8,11H,2-3,9-10H2,1H3,(H2,19,20,21,24,27). The predicted octanol–water partition coefficient (Wildman–Crippen LogP) is 3.03. The molecule has 2 aromatic rings. The number of carbonyl (C=O) groups is 1. The van der Waals surface area contributed by atoms with E-state index in [1.165, 1.54) is 6.07 Å². The van der Waals surface area contributed by atoms with Crippen molar-refractivity contribution in [2.24, 2.45) is 0 Å². The molecule has 0 aliphatic carbocycles. The molecule has 1 aliphatic heterocycles. The number of amides is 1. The summed E-state index contributed by atoms with van der Waals surface area (Å²) in [5, 5.41) is 16.9. The van der Waals surface area contributed by atoms with Crippen molar-refractivity contribution >= 4 is 40.4 Å². The number of thiocarbonyl (C=S) groups is 1. The second kappa shape index (κ2) is 8.09. The largest absolute Gasteiger partial charge is 0.366 e. The molecule has 0 saturated carbocycles. The summed E-state index contributed by atoms with van der Waals surface area (Å²) in [6.45, 7) is 3.40. The molecule has 1 saturated heterocycles. The number of nitrogens with zero attached hydrogens (tertiary/aromatic N) is 3. The van der Waals surface area contributed by atoms with Crippen molar-refractivity contribution in [3.63, 3.8) is 0 Å². The van der Waals surface area contributed by atoms with Gasteiger partial charge in [-0.3, -0.25) is 20.2 Å². The monoisotopic (exact) mass is 385 g/mol. The van der Waals surface area contributed by atoms with Crippen LogP contribution >= 0.6 is 12.2 Å². The zero-order chi connectivity index (χ0) is 19.4. The smallest absolute Gasteiger partial charge is 0.293 e. The first-order valence-corrected chi connectivity index (χ1v) is 8.94. The zero-order valence-electron chi connectivity index (χ0n) is 14.8. The molecule has 0 atom stereocenters. The Kier molecular flexibility index (Phi) is 5.60. The highest BCUT2D eigenvalue weighted by atomic mass is 32.1. The van der Waals surface area contributed by atoms with E-state index in [4.69, 9.17) is 12.2 Å². The van der Waals surface area contributed by atoms with Crippen LogP contribution in [0.3, 0.4) is 0 Å². The average Bonchev–Trinajstić information content (AvgIpc) is 3.15. The van der Waals surface area contributed by atoms with Crippen molar-refractivity contribution < 1.29 is 9.72 Å². The highest BCUT2D eigenvalue weighted by molar-refractivity contribution is 7.80. The molecule has 0 spiro atoms. The van der Waals surface area contributed by atoms with Crippen molar-refractivity contribution in [2.75, 3.05) is 23.3 Å². The quantitative estimate of drug-likeness (QED) is 0.474. The van der Waals surface area contributed by atoms with Gasteiger partial charge in [-0.25, -0.2) is 4.98 Å². The SMILES string of the molecule is Cc1cccc(NC(=S)NC(=O)c2ccc(N3CCCC3)c([N+](=O)[O-])c2)n1. The molecule has 0 bridgehead atoms. The van der Waals surface area contributed by atoms with E-state index in [0.29, 0.717) is 11.5 Å². The predicted molar refractivity (Wildman–Crippen MR) is 107 cm³/mol. The molecule has 8 nitrogen and oxygen atoms in total. The van der Waals surface area contributed by atoms with Gasteiger partial charge in [-0.05, 0) is 56.2 Å². The fourth-order valence-corrected chi connectivity index (χ4v) is 3.17. The van der Waals surface area contributed by atoms with Gasteiger partial charge in [0.2, 0.25) is 0 Å². The minimum atomic E-state index is -0.517. The third-order valence-electron chi connectivity index (χ3n) is 4.24. The maximum atomic E-state index is 12.4. The van der Waals surface area contributed by atoms with Crippen LogP contribution in [-0.2, 0) is 0 Å². The van der Waals surface area contributed by atoms with Gasteiger partial charge in [0.05, 0.1) is 4.92 Å². The van der Waals surface area contributed by atoms with Gasteiger partial charge in [-0.1, -0.05) is 6.07 Å². The van der Waals surface area contributed by atoms with Crippen LogP contribution in [0.15, 0.2) is 36.4 Å². The van der Waals surface area contributed by atoms with Crippen LogP contribution in [0.1, 0.15) is 28.9 Å². The zero-order valence-corrected chi connectivity index (χ0v) is 15.6. The Hall–Kier alpha value is -3.07. The first-order valence-electron chi connectivity index (χ1n) is 8.53. The van der Waals surface area contributed by atoms with Crippen LogP contribution < -0.4 is 15.5 Å². The molecule has 0 unspecified atom stereocenters. The van der Waals surface area contributed by atoms with Crippen molar-refractivity contribution in [1.29, 1.82) is 0 Å². The second-order valence-electron chi connectivity index (χ2n) is 6.23. The topological polar surface area (TPSA) is 100 Å². The molecule has 2 N–H and O–H groups in total. The normalized spacial score (nSPS) is 13.3. The summed E-state index contributed by atoms with van der Waals surface area (Å²) in [5.41, 5.74) is 1.44. The summed E-state index contributed by atoms with van der Waals surface area (Å²) in [6.07, 6.45) is 2.01. The Morgan fingerprint density at radius 1 is 1.26 bits per heavy atom. The second-order valence-corrected chi connectivity index (χ2v) is 6.64. The Bertz CT molecular complexity index is 896. The van der Waals surface area contributed by atoms with Gasteiger partial charge in [-0.15, -0.1) is 0 Å². The number of anilines is 2. The minimum Gasteiger partial charge on any atom is -0.366 e. The summed E-state index contributed by atoms with van der Waals surface area (Å²) in [5.74, 6) is -0.00751. The first kappa shape index (κ1) is 18.7. The van der Waals surface area contributed by atoms with E-state index in [1.54, 1.807) is 18.2 Å². The van der Waals surface area contributed by atoms with Crippen LogP contribution in [-0.4, -0.2) is 34.0 Å². The summed E-state index contributed by atoms with van der Waals surface area (Å²) in [4.78, 5) is 29.6. The molecule has 1 aliphatic rings. The number of carbonyl (C=O) groups excluding carboxylic acids is 1. The lowest BCUT2D eigenvalue weighted by Crippen LogP contribution is -2.34. The summed E-state index contributed by atoms with van der Waals surface area (Å²) in [6, 6.07) is 9.86.